The van der Waals surface area contributed by atoms with Gasteiger partial charge in [0.2, 0.25) is 5.91 Å². The molecule has 0 bridgehead atoms. The van der Waals surface area contributed by atoms with Crippen LogP contribution in [0.4, 0.5) is 0 Å². The van der Waals surface area contributed by atoms with E-state index in [-0.39, 0.29) is 31.5 Å². The summed E-state index contributed by atoms with van der Waals surface area (Å²) in [6.07, 6.45) is 1.30. The fraction of sp³-hybridized carbons (Fsp3) is 0.455. The van der Waals surface area contributed by atoms with Gasteiger partial charge in [0.15, 0.2) is 0 Å². The maximum atomic E-state index is 11.8. The summed E-state index contributed by atoms with van der Waals surface area (Å²) in [5, 5.41) is 8.69. The monoisotopic (exact) mass is 284 g/mol. The molecule has 1 rings (SSSR count). The minimum Gasteiger partial charge on any atom is -0.480 e. The Bertz CT molecular complexity index is 591. The van der Waals surface area contributed by atoms with E-state index in [1.807, 2.05) is 4.98 Å². The molecule has 20 heavy (non-hydrogen) atoms. The highest BCUT2D eigenvalue weighted by Gasteiger charge is 2.16. The van der Waals surface area contributed by atoms with Gasteiger partial charge in [-0.1, -0.05) is 0 Å². The summed E-state index contributed by atoms with van der Waals surface area (Å²) in [6, 6.07) is 0. The molecule has 110 valence electrons. The molecule has 1 heterocycles. The zero-order valence-electron chi connectivity index (χ0n) is 10.7. The van der Waals surface area contributed by atoms with Gasteiger partial charge in [0, 0.05) is 31.3 Å². The summed E-state index contributed by atoms with van der Waals surface area (Å²) in [7, 11) is 0. The van der Waals surface area contributed by atoms with Crippen LogP contribution in [0.15, 0.2) is 15.8 Å². The molecule has 0 aromatic carbocycles. The summed E-state index contributed by atoms with van der Waals surface area (Å²) >= 11 is 0. The molecule has 0 saturated heterocycles. The van der Waals surface area contributed by atoms with Gasteiger partial charge in [-0.15, -0.1) is 0 Å². The van der Waals surface area contributed by atoms with Crippen molar-refractivity contribution in [2.75, 3.05) is 19.6 Å². The Labute approximate surface area is 113 Å². The molecular weight excluding hydrogens is 268 g/mol. The number of hydrogen-bond acceptors (Lipinski definition) is 5. The van der Waals surface area contributed by atoms with Gasteiger partial charge in [0.1, 0.15) is 6.54 Å². The summed E-state index contributed by atoms with van der Waals surface area (Å²) in [6.45, 7) is -0.149. The van der Waals surface area contributed by atoms with E-state index in [9.17, 15) is 19.2 Å². The number of carboxylic acid groups (broad SMARTS) is 1. The van der Waals surface area contributed by atoms with Crippen molar-refractivity contribution in [2.45, 2.75) is 12.8 Å². The summed E-state index contributed by atoms with van der Waals surface area (Å²) in [4.78, 5) is 50.2. The van der Waals surface area contributed by atoms with Gasteiger partial charge < -0.3 is 20.7 Å². The maximum absolute atomic E-state index is 11.8. The standard InChI is InChI=1S/C11H16N4O5/c12-3-4-15(6-9(17)18)8(16)2-1-7-5-13-11(20)14-10(7)19/h5H,1-4,6,12H2,(H,17,18)(H2,13,14,19,20). The van der Waals surface area contributed by atoms with Crippen molar-refractivity contribution in [3.63, 3.8) is 0 Å². The average Bonchev–Trinajstić information content (AvgIpc) is 2.36. The largest absolute Gasteiger partial charge is 0.480 e. The number of carboxylic acids is 1. The van der Waals surface area contributed by atoms with Gasteiger partial charge >= 0.3 is 11.7 Å². The van der Waals surface area contributed by atoms with Crippen molar-refractivity contribution in [3.05, 3.63) is 32.6 Å². The molecule has 0 fully saturated rings. The number of nitrogens with zero attached hydrogens (tertiary/aromatic N) is 1. The van der Waals surface area contributed by atoms with Crippen molar-refractivity contribution in [3.8, 4) is 0 Å². The molecule has 0 aliphatic heterocycles. The first-order valence-electron chi connectivity index (χ1n) is 5.94. The Morgan fingerprint density at radius 1 is 1.35 bits per heavy atom. The molecular formula is C11H16N4O5. The SMILES string of the molecule is NCCN(CC(=O)O)C(=O)CCc1c[nH]c(=O)[nH]c1=O. The molecule has 0 atom stereocenters. The number of hydrogen-bond donors (Lipinski definition) is 4. The summed E-state index contributed by atoms with van der Waals surface area (Å²) in [5.41, 5.74) is 4.37. The predicted molar refractivity (Wildman–Crippen MR) is 69.3 cm³/mol. The van der Waals surface area contributed by atoms with Crippen LogP contribution in [0.5, 0.6) is 0 Å². The Hall–Kier alpha value is -2.42. The third-order valence-corrected chi connectivity index (χ3v) is 2.58. The number of carbonyl (C=O) groups is 2. The molecule has 1 amide bonds. The number of H-pyrrole nitrogens is 2. The molecule has 0 aliphatic carbocycles. The van der Waals surface area contributed by atoms with Gasteiger partial charge in [-0.3, -0.25) is 19.4 Å². The zero-order chi connectivity index (χ0) is 15.1. The van der Waals surface area contributed by atoms with Crippen LogP contribution in [0.1, 0.15) is 12.0 Å². The number of nitrogens with one attached hydrogen (secondary N) is 2. The van der Waals surface area contributed by atoms with Crippen LogP contribution in [-0.4, -0.2) is 51.5 Å². The third-order valence-electron chi connectivity index (χ3n) is 2.58. The fourth-order valence-electron chi connectivity index (χ4n) is 1.63. The van der Waals surface area contributed by atoms with Crippen LogP contribution in [0.25, 0.3) is 0 Å². The first-order chi connectivity index (χ1) is 9.43. The number of amides is 1. The quantitative estimate of drug-likeness (QED) is 0.449. The Balaban J connectivity index is 2.66. The van der Waals surface area contributed by atoms with Gasteiger partial charge in [-0.25, -0.2) is 4.79 Å². The van der Waals surface area contributed by atoms with E-state index < -0.39 is 29.7 Å². The maximum Gasteiger partial charge on any atom is 0.325 e. The van der Waals surface area contributed by atoms with Crippen LogP contribution in [0.3, 0.4) is 0 Å². The molecule has 0 radical (unpaired) electrons. The van der Waals surface area contributed by atoms with Crippen LogP contribution in [0.2, 0.25) is 0 Å². The molecule has 1 aromatic heterocycles. The number of carbonyl (C=O) groups excluding carboxylic acids is 1. The molecule has 0 aliphatic rings. The molecule has 0 unspecified atom stereocenters. The second kappa shape index (κ2) is 7.24. The van der Waals surface area contributed by atoms with Crippen molar-refractivity contribution >= 4 is 11.9 Å². The highest BCUT2D eigenvalue weighted by Crippen LogP contribution is 1.99. The summed E-state index contributed by atoms with van der Waals surface area (Å²) in [5.74, 6) is -1.54. The summed E-state index contributed by atoms with van der Waals surface area (Å²) < 4.78 is 0. The first-order valence-corrected chi connectivity index (χ1v) is 5.94. The van der Waals surface area contributed by atoms with E-state index in [4.69, 9.17) is 10.8 Å². The molecule has 1 aromatic rings. The normalized spacial score (nSPS) is 10.2. The highest BCUT2D eigenvalue weighted by atomic mass is 16.4. The second-order valence-electron chi connectivity index (χ2n) is 4.09. The van der Waals surface area contributed by atoms with E-state index in [1.165, 1.54) is 6.20 Å². The Morgan fingerprint density at radius 3 is 2.60 bits per heavy atom. The highest BCUT2D eigenvalue weighted by molar-refractivity contribution is 5.81. The van der Waals surface area contributed by atoms with Crippen LogP contribution in [0, 0.1) is 0 Å². The van der Waals surface area contributed by atoms with E-state index in [1.54, 1.807) is 0 Å². The van der Waals surface area contributed by atoms with E-state index >= 15 is 0 Å². The Morgan fingerprint density at radius 2 is 2.05 bits per heavy atom. The lowest BCUT2D eigenvalue weighted by Gasteiger charge is -2.19. The number of aryl methyl sites for hydroxylation is 1. The minimum atomic E-state index is -1.13. The van der Waals surface area contributed by atoms with Crippen molar-refractivity contribution in [1.29, 1.82) is 0 Å². The number of nitrogens with two attached hydrogens (primary N) is 1. The Kier molecular flexibility index (Phi) is 5.66. The zero-order valence-corrected chi connectivity index (χ0v) is 10.7. The number of rotatable bonds is 7. The molecule has 0 saturated carbocycles. The smallest absolute Gasteiger partial charge is 0.325 e. The first kappa shape index (κ1) is 15.6. The van der Waals surface area contributed by atoms with Crippen molar-refractivity contribution < 1.29 is 14.7 Å². The van der Waals surface area contributed by atoms with Crippen molar-refractivity contribution in [1.82, 2.24) is 14.9 Å². The second-order valence-corrected chi connectivity index (χ2v) is 4.09. The van der Waals surface area contributed by atoms with Gasteiger partial charge in [0.25, 0.3) is 5.56 Å². The van der Waals surface area contributed by atoms with Crippen LogP contribution >= 0.6 is 0 Å². The van der Waals surface area contributed by atoms with Crippen LogP contribution < -0.4 is 17.0 Å². The molecule has 5 N–H and O–H groups in total. The van der Waals surface area contributed by atoms with Crippen LogP contribution in [-0.2, 0) is 16.0 Å². The van der Waals surface area contributed by atoms with Crippen molar-refractivity contribution in [2.24, 2.45) is 5.73 Å². The van der Waals surface area contributed by atoms with E-state index in [2.05, 4.69) is 4.98 Å². The lowest BCUT2D eigenvalue weighted by Crippen LogP contribution is -2.39. The average molecular weight is 284 g/mol. The lowest BCUT2D eigenvalue weighted by atomic mass is 10.1. The van der Waals surface area contributed by atoms with Gasteiger partial charge in [-0.2, -0.15) is 0 Å². The fourth-order valence-corrected chi connectivity index (χ4v) is 1.63. The van der Waals surface area contributed by atoms with E-state index in [0.29, 0.717) is 0 Å². The number of aromatic nitrogens is 2. The van der Waals surface area contributed by atoms with Gasteiger partial charge in [-0.05, 0) is 6.42 Å². The molecule has 9 nitrogen and oxygen atoms in total. The third kappa shape index (κ3) is 4.69. The number of aliphatic carboxylic acids is 1. The topological polar surface area (TPSA) is 149 Å². The van der Waals surface area contributed by atoms with E-state index in [0.717, 1.165) is 4.90 Å². The lowest BCUT2D eigenvalue weighted by molar-refractivity contribution is -0.144. The molecule has 0 spiro atoms. The minimum absolute atomic E-state index is 0.0393. The van der Waals surface area contributed by atoms with Gasteiger partial charge in [0.05, 0.1) is 0 Å². The number of aromatic amines is 2. The molecule has 9 heteroatoms. The predicted octanol–water partition coefficient (Wildman–Crippen LogP) is -2.13.